The standard InChI is InChI=1S/C11H19ClN2/c1-3-4-5-6-7-8-14-9-11(12)10(2)13-14/h9H,3-8H2,1-2H3. The Morgan fingerprint density at radius 3 is 2.57 bits per heavy atom. The van der Waals surface area contributed by atoms with E-state index >= 15 is 0 Å². The van der Waals surface area contributed by atoms with Crippen molar-refractivity contribution in [3.05, 3.63) is 16.9 Å². The fourth-order valence-corrected chi connectivity index (χ4v) is 1.64. The first-order valence-corrected chi connectivity index (χ1v) is 5.81. The topological polar surface area (TPSA) is 17.8 Å². The third-order valence-electron chi connectivity index (χ3n) is 2.38. The summed E-state index contributed by atoms with van der Waals surface area (Å²) in [6, 6.07) is 0. The van der Waals surface area contributed by atoms with Crippen LogP contribution in [0.25, 0.3) is 0 Å². The Kier molecular flexibility index (Phi) is 5.02. The first-order valence-electron chi connectivity index (χ1n) is 5.43. The highest BCUT2D eigenvalue weighted by Crippen LogP contribution is 2.12. The molecular formula is C11H19ClN2. The number of aryl methyl sites for hydroxylation is 2. The maximum atomic E-state index is 5.91. The van der Waals surface area contributed by atoms with Crippen LogP contribution in [0.1, 0.15) is 44.7 Å². The molecule has 0 N–H and O–H groups in total. The van der Waals surface area contributed by atoms with Crippen molar-refractivity contribution < 1.29 is 0 Å². The van der Waals surface area contributed by atoms with E-state index in [0.29, 0.717) is 0 Å². The highest BCUT2D eigenvalue weighted by Gasteiger charge is 2.00. The number of hydrogen-bond acceptors (Lipinski definition) is 1. The van der Waals surface area contributed by atoms with Gasteiger partial charge >= 0.3 is 0 Å². The van der Waals surface area contributed by atoms with E-state index in [2.05, 4.69) is 12.0 Å². The Labute approximate surface area is 91.3 Å². The second-order valence-corrected chi connectivity index (χ2v) is 4.15. The average Bonchev–Trinajstić information content (AvgIpc) is 2.46. The lowest BCUT2D eigenvalue weighted by Crippen LogP contribution is -1.98. The minimum atomic E-state index is 0.776. The minimum Gasteiger partial charge on any atom is -0.271 e. The van der Waals surface area contributed by atoms with E-state index in [-0.39, 0.29) is 0 Å². The molecule has 0 spiro atoms. The lowest BCUT2D eigenvalue weighted by molar-refractivity contribution is 0.531. The first-order chi connectivity index (χ1) is 6.74. The van der Waals surface area contributed by atoms with Crippen LogP contribution in [-0.2, 0) is 6.54 Å². The van der Waals surface area contributed by atoms with Crippen LogP contribution in [-0.4, -0.2) is 9.78 Å². The molecular weight excluding hydrogens is 196 g/mol. The largest absolute Gasteiger partial charge is 0.271 e. The molecule has 0 aliphatic carbocycles. The van der Waals surface area contributed by atoms with E-state index in [1.165, 1.54) is 32.1 Å². The molecule has 0 aliphatic heterocycles. The molecule has 3 heteroatoms. The average molecular weight is 215 g/mol. The predicted octanol–water partition coefficient (Wildman–Crippen LogP) is 3.82. The molecule has 0 bridgehead atoms. The van der Waals surface area contributed by atoms with Gasteiger partial charge in [0.05, 0.1) is 10.7 Å². The summed E-state index contributed by atoms with van der Waals surface area (Å²) in [5.41, 5.74) is 0.931. The fourth-order valence-electron chi connectivity index (χ4n) is 1.49. The van der Waals surface area contributed by atoms with E-state index in [0.717, 1.165) is 17.3 Å². The Bertz CT molecular complexity index is 249. The van der Waals surface area contributed by atoms with Crippen LogP contribution in [0, 0.1) is 6.92 Å². The summed E-state index contributed by atoms with van der Waals surface area (Å²) in [5, 5.41) is 5.09. The molecule has 2 nitrogen and oxygen atoms in total. The van der Waals surface area contributed by atoms with Crippen LogP contribution in [0.3, 0.4) is 0 Å². The highest BCUT2D eigenvalue weighted by molar-refractivity contribution is 6.31. The van der Waals surface area contributed by atoms with Gasteiger partial charge in [-0.1, -0.05) is 44.2 Å². The van der Waals surface area contributed by atoms with Crippen molar-refractivity contribution in [2.45, 2.75) is 52.5 Å². The van der Waals surface area contributed by atoms with Crippen molar-refractivity contribution >= 4 is 11.6 Å². The van der Waals surface area contributed by atoms with Gasteiger partial charge in [-0.25, -0.2) is 0 Å². The second-order valence-electron chi connectivity index (χ2n) is 3.74. The second kappa shape index (κ2) is 6.07. The molecule has 1 rings (SSSR count). The lowest BCUT2D eigenvalue weighted by atomic mass is 10.1. The van der Waals surface area contributed by atoms with Gasteiger partial charge in [0.25, 0.3) is 0 Å². The molecule has 0 radical (unpaired) electrons. The summed E-state index contributed by atoms with van der Waals surface area (Å²) in [4.78, 5) is 0. The van der Waals surface area contributed by atoms with Crippen LogP contribution in [0.15, 0.2) is 6.20 Å². The van der Waals surface area contributed by atoms with Crippen molar-refractivity contribution in [2.75, 3.05) is 0 Å². The zero-order chi connectivity index (χ0) is 10.4. The van der Waals surface area contributed by atoms with Gasteiger partial charge in [-0.2, -0.15) is 5.10 Å². The van der Waals surface area contributed by atoms with Gasteiger partial charge in [0.15, 0.2) is 0 Å². The highest BCUT2D eigenvalue weighted by atomic mass is 35.5. The van der Waals surface area contributed by atoms with Crippen LogP contribution in [0.5, 0.6) is 0 Å². The molecule has 1 heterocycles. The molecule has 14 heavy (non-hydrogen) atoms. The van der Waals surface area contributed by atoms with Crippen LogP contribution < -0.4 is 0 Å². The normalized spacial score (nSPS) is 10.8. The van der Waals surface area contributed by atoms with Gasteiger partial charge in [0, 0.05) is 12.7 Å². The molecule has 0 fully saturated rings. The molecule has 0 aliphatic rings. The summed E-state index contributed by atoms with van der Waals surface area (Å²) < 4.78 is 1.95. The van der Waals surface area contributed by atoms with Crippen LogP contribution >= 0.6 is 11.6 Å². The quantitative estimate of drug-likeness (QED) is 0.659. The molecule has 0 saturated heterocycles. The zero-order valence-corrected chi connectivity index (χ0v) is 9.85. The summed E-state index contributed by atoms with van der Waals surface area (Å²) in [6.07, 6.45) is 8.40. The van der Waals surface area contributed by atoms with Gasteiger partial charge in [-0.3, -0.25) is 4.68 Å². The zero-order valence-electron chi connectivity index (χ0n) is 9.09. The molecule has 0 amide bonds. The Balaban J connectivity index is 2.18. The predicted molar refractivity (Wildman–Crippen MR) is 60.7 cm³/mol. The van der Waals surface area contributed by atoms with Gasteiger partial charge < -0.3 is 0 Å². The maximum Gasteiger partial charge on any atom is 0.0814 e. The summed E-state index contributed by atoms with van der Waals surface area (Å²) in [5.74, 6) is 0. The molecule has 1 aromatic heterocycles. The number of hydrogen-bond donors (Lipinski definition) is 0. The van der Waals surface area contributed by atoms with Gasteiger partial charge in [-0.15, -0.1) is 0 Å². The number of aromatic nitrogens is 2. The summed E-state index contributed by atoms with van der Waals surface area (Å²) in [7, 11) is 0. The van der Waals surface area contributed by atoms with Gasteiger partial charge in [-0.05, 0) is 13.3 Å². The Morgan fingerprint density at radius 2 is 2.00 bits per heavy atom. The Hall–Kier alpha value is -0.500. The molecule has 80 valence electrons. The smallest absolute Gasteiger partial charge is 0.0814 e. The van der Waals surface area contributed by atoms with E-state index in [1.54, 1.807) is 0 Å². The SMILES string of the molecule is CCCCCCCn1cc(Cl)c(C)n1. The minimum absolute atomic E-state index is 0.776. The molecule has 0 saturated carbocycles. The van der Waals surface area contributed by atoms with Gasteiger partial charge in [0.1, 0.15) is 0 Å². The van der Waals surface area contributed by atoms with Crippen molar-refractivity contribution in [1.29, 1.82) is 0 Å². The number of unbranched alkanes of at least 4 members (excludes halogenated alkanes) is 4. The summed E-state index contributed by atoms with van der Waals surface area (Å²) in [6.45, 7) is 5.17. The van der Waals surface area contributed by atoms with Crippen molar-refractivity contribution in [3.63, 3.8) is 0 Å². The Morgan fingerprint density at radius 1 is 1.29 bits per heavy atom. The van der Waals surface area contributed by atoms with Gasteiger partial charge in [0.2, 0.25) is 0 Å². The van der Waals surface area contributed by atoms with Crippen molar-refractivity contribution in [2.24, 2.45) is 0 Å². The van der Waals surface area contributed by atoms with Crippen LogP contribution in [0.4, 0.5) is 0 Å². The third kappa shape index (κ3) is 3.70. The molecule has 0 aromatic carbocycles. The monoisotopic (exact) mass is 214 g/mol. The fraction of sp³-hybridized carbons (Fsp3) is 0.727. The molecule has 1 aromatic rings. The number of rotatable bonds is 6. The van der Waals surface area contributed by atoms with E-state index in [1.807, 2.05) is 17.8 Å². The lowest BCUT2D eigenvalue weighted by Gasteiger charge is -2.00. The third-order valence-corrected chi connectivity index (χ3v) is 2.75. The van der Waals surface area contributed by atoms with E-state index < -0.39 is 0 Å². The number of halogens is 1. The first kappa shape index (κ1) is 11.6. The van der Waals surface area contributed by atoms with E-state index in [9.17, 15) is 0 Å². The molecule has 0 atom stereocenters. The van der Waals surface area contributed by atoms with Crippen LogP contribution in [0.2, 0.25) is 5.02 Å². The van der Waals surface area contributed by atoms with E-state index in [4.69, 9.17) is 11.6 Å². The molecule has 0 unspecified atom stereocenters. The van der Waals surface area contributed by atoms with Crippen molar-refractivity contribution in [3.8, 4) is 0 Å². The summed E-state index contributed by atoms with van der Waals surface area (Å²) >= 11 is 5.91. The van der Waals surface area contributed by atoms with Crippen molar-refractivity contribution in [1.82, 2.24) is 9.78 Å². The number of nitrogens with zero attached hydrogens (tertiary/aromatic N) is 2. The maximum absolute atomic E-state index is 5.91.